The molecule has 1 aromatic rings. The molecular formula is C25H35F3O. The normalized spacial score (nSPS) is 13.7. The zero-order valence-electron chi connectivity index (χ0n) is 18.2. The van der Waals surface area contributed by atoms with Crippen molar-refractivity contribution in [2.45, 2.75) is 85.2 Å². The van der Waals surface area contributed by atoms with E-state index in [0.717, 1.165) is 36.8 Å². The second kappa shape index (κ2) is 13.3. The first-order valence-electron chi connectivity index (χ1n) is 10.4. The van der Waals surface area contributed by atoms with Crippen molar-refractivity contribution in [1.29, 1.82) is 0 Å². The highest BCUT2D eigenvalue weighted by Gasteiger charge is 2.32. The van der Waals surface area contributed by atoms with E-state index in [0.29, 0.717) is 19.3 Å². The Hall–Kier alpha value is -1.97. The average Bonchev–Trinajstić information content (AvgIpc) is 3.12. The zero-order chi connectivity index (χ0) is 21.7. The summed E-state index contributed by atoms with van der Waals surface area (Å²) in [6, 6.07) is 1.78. The second-order valence-electron chi connectivity index (χ2n) is 7.90. The van der Waals surface area contributed by atoms with Gasteiger partial charge >= 0.3 is 6.18 Å². The van der Waals surface area contributed by atoms with Crippen LogP contribution in [0.25, 0.3) is 0 Å². The van der Waals surface area contributed by atoms with Crippen LogP contribution in [0.3, 0.4) is 0 Å². The predicted molar refractivity (Wildman–Crippen MR) is 116 cm³/mol. The highest BCUT2D eigenvalue weighted by atomic mass is 19.4. The van der Waals surface area contributed by atoms with Crippen molar-refractivity contribution < 1.29 is 17.6 Å². The molecule has 0 atom stereocenters. The van der Waals surface area contributed by atoms with E-state index in [9.17, 15) is 13.2 Å². The Balaban J connectivity index is 2.42. The summed E-state index contributed by atoms with van der Waals surface area (Å²) in [5, 5.41) is 0. The minimum Gasteiger partial charge on any atom is -0.472 e. The Kier molecular flexibility index (Phi) is 11.5. The van der Waals surface area contributed by atoms with Crippen molar-refractivity contribution >= 4 is 0 Å². The maximum atomic E-state index is 13.2. The van der Waals surface area contributed by atoms with Gasteiger partial charge < -0.3 is 4.42 Å². The Morgan fingerprint density at radius 2 is 1.41 bits per heavy atom. The van der Waals surface area contributed by atoms with Gasteiger partial charge in [-0.25, -0.2) is 0 Å². The van der Waals surface area contributed by atoms with Gasteiger partial charge in [0.15, 0.2) is 0 Å². The monoisotopic (exact) mass is 408 g/mol. The molecule has 0 saturated carbocycles. The molecule has 0 amide bonds. The van der Waals surface area contributed by atoms with Crippen LogP contribution in [0.2, 0.25) is 0 Å². The van der Waals surface area contributed by atoms with Gasteiger partial charge in [-0.2, -0.15) is 13.2 Å². The molecule has 0 aliphatic carbocycles. The Morgan fingerprint density at radius 1 is 0.828 bits per heavy atom. The average molecular weight is 409 g/mol. The molecule has 0 aromatic carbocycles. The molecule has 0 aliphatic rings. The van der Waals surface area contributed by atoms with E-state index in [4.69, 9.17) is 4.42 Å². The van der Waals surface area contributed by atoms with E-state index in [2.05, 4.69) is 32.9 Å². The van der Waals surface area contributed by atoms with Crippen LogP contribution in [-0.2, 0) is 6.42 Å². The van der Waals surface area contributed by atoms with Crippen LogP contribution in [0, 0.1) is 0 Å². The van der Waals surface area contributed by atoms with Crippen molar-refractivity contribution in [3.63, 3.8) is 0 Å². The summed E-state index contributed by atoms with van der Waals surface area (Å²) in [7, 11) is 0. The first-order chi connectivity index (χ1) is 13.7. The van der Waals surface area contributed by atoms with Crippen LogP contribution < -0.4 is 0 Å². The van der Waals surface area contributed by atoms with Crippen LogP contribution >= 0.6 is 0 Å². The predicted octanol–water partition coefficient (Wildman–Crippen LogP) is 8.90. The third kappa shape index (κ3) is 12.2. The van der Waals surface area contributed by atoms with Gasteiger partial charge in [-0.3, -0.25) is 0 Å². The summed E-state index contributed by atoms with van der Waals surface area (Å²) >= 11 is 0. The van der Waals surface area contributed by atoms with Crippen molar-refractivity contribution in [3.8, 4) is 0 Å². The lowest BCUT2D eigenvalue weighted by Crippen LogP contribution is -2.12. The molecule has 0 spiro atoms. The fourth-order valence-corrected chi connectivity index (χ4v) is 3.02. The molecule has 4 heteroatoms. The van der Waals surface area contributed by atoms with E-state index in [1.165, 1.54) is 23.5 Å². The van der Waals surface area contributed by atoms with Gasteiger partial charge in [0.25, 0.3) is 0 Å². The van der Waals surface area contributed by atoms with Crippen molar-refractivity contribution in [2.24, 2.45) is 0 Å². The SMILES string of the molecule is CC(C)=CCC/C(C)=C/CC/C(C)=C/CC/C(=C/CCc1ccoc1)C(F)(F)F. The quantitative estimate of drug-likeness (QED) is 0.315. The third-order valence-electron chi connectivity index (χ3n) is 4.80. The van der Waals surface area contributed by atoms with Gasteiger partial charge in [-0.05, 0) is 90.7 Å². The third-order valence-corrected chi connectivity index (χ3v) is 4.80. The highest BCUT2D eigenvalue weighted by molar-refractivity contribution is 5.14. The molecular weight excluding hydrogens is 373 g/mol. The fourth-order valence-electron chi connectivity index (χ4n) is 3.02. The molecule has 1 heterocycles. The van der Waals surface area contributed by atoms with Crippen LogP contribution in [0.15, 0.2) is 69.6 Å². The number of hydrogen-bond acceptors (Lipinski definition) is 1. The number of hydrogen-bond donors (Lipinski definition) is 0. The molecule has 0 saturated heterocycles. The molecule has 29 heavy (non-hydrogen) atoms. The molecule has 1 nitrogen and oxygen atoms in total. The maximum absolute atomic E-state index is 13.2. The molecule has 0 bridgehead atoms. The summed E-state index contributed by atoms with van der Waals surface area (Å²) < 4.78 is 44.7. The largest absolute Gasteiger partial charge is 0.472 e. The molecule has 0 fully saturated rings. The van der Waals surface area contributed by atoms with Crippen molar-refractivity contribution in [2.75, 3.05) is 0 Å². The van der Waals surface area contributed by atoms with Gasteiger partial charge in [-0.15, -0.1) is 0 Å². The number of alkyl halides is 3. The molecule has 1 aromatic heterocycles. The molecule has 0 aliphatic heterocycles. The number of rotatable bonds is 12. The lowest BCUT2D eigenvalue weighted by atomic mass is 10.0. The fraction of sp³-hybridized carbons (Fsp3) is 0.520. The minimum atomic E-state index is -4.26. The van der Waals surface area contributed by atoms with E-state index < -0.39 is 11.7 Å². The number of aryl methyl sites for hydroxylation is 1. The van der Waals surface area contributed by atoms with Gasteiger partial charge in [-0.1, -0.05) is 41.0 Å². The zero-order valence-corrected chi connectivity index (χ0v) is 18.2. The summed E-state index contributed by atoms with van der Waals surface area (Å²) in [4.78, 5) is 0. The van der Waals surface area contributed by atoms with E-state index in [1.54, 1.807) is 12.3 Å². The summed E-state index contributed by atoms with van der Waals surface area (Å²) in [5.74, 6) is 0. The van der Waals surface area contributed by atoms with Crippen LogP contribution in [0.1, 0.15) is 78.2 Å². The summed E-state index contributed by atoms with van der Waals surface area (Å²) in [6.45, 7) is 8.35. The second-order valence-corrected chi connectivity index (χ2v) is 7.90. The summed E-state index contributed by atoms with van der Waals surface area (Å²) in [6.07, 6.45) is 12.0. The first-order valence-corrected chi connectivity index (χ1v) is 10.4. The lowest BCUT2D eigenvalue weighted by molar-refractivity contribution is -0.0941. The summed E-state index contributed by atoms with van der Waals surface area (Å²) in [5.41, 5.74) is 4.35. The van der Waals surface area contributed by atoms with Crippen molar-refractivity contribution in [1.82, 2.24) is 0 Å². The van der Waals surface area contributed by atoms with Gasteiger partial charge in [0.05, 0.1) is 12.5 Å². The van der Waals surface area contributed by atoms with E-state index in [1.807, 2.05) is 13.0 Å². The lowest BCUT2D eigenvalue weighted by Gasteiger charge is -2.11. The smallest absolute Gasteiger partial charge is 0.412 e. The molecule has 1 rings (SSSR count). The van der Waals surface area contributed by atoms with Crippen LogP contribution in [0.4, 0.5) is 13.2 Å². The topological polar surface area (TPSA) is 13.1 Å². The van der Waals surface area contributed by atoms with Gasteiger partial charge in [0.2, 0.25) is 0 Å². The van der Waals surface area contributed by atoms with E-state index >= 15 is 0 Å². The Morgan fingerprint density at radius 3 is 1.93 bits per heavy atom. The Bertz CT molecular complexity index is 697. The minimum absolute atomic E-state index is 0.0315. The van der Waals surface area contributed by atoms with Crippen molar-refractivity contribution in [3.05, 3.63) is 70.8 Å². The Labute approximate surface area is 174 Å². The number of allylic oxidation sites excluding steroid dienone is 8. The van der Waals surface area contributed by atoms with Crippen LogP contribution in [0.5, 0.6) is 0 Å². The standard InChI is InChI=1S/C25H35F3O/c1-20(2)9-5-10-21(3)11-6-12-22(4)13-7-15-24(25(26,27)28)16-8-14-23-17-18-29-19-23/h9,11,13,16-19H,5-8,10,12,14-15H2,1-4H3/b21-11+,22-13+,24-16-. The molecule has 162 valence electrons. The van der Waals surface area contributed by atoms with Gasteiger partial charge in [0, 0.05) is 5.57 Å². The molecule has 0 unspecified atom stereocenters. The molecule has 0 radical (unpaired) electrons. The van der Waals surface area contributed by atoms with Crippen LogP contribution in [-0.4, -0.2) is 6.18 Å². The van der Waals surface area contributed by atoms with Gasteiger partial charge in [0.1, 0.15) is 0 Å². The highest BCUT2D eigenvalue weighted by Crippen LogP contribution is 2.30. The van der Waals surface area contributed by atoms with E-state index in [-0.39, 0.29) is 6.42 Å². The first kappa shape index (κ1) is 25.1. The number of furan rings is 1. The maximum Gasteiger partial charge on any atom is 0.412 e. The number of halogens is 3. The molecule has 0 N–H and O–H groups in total.